The van der Waals surface area contributed by atoms with E-state index >= 15 is 0 Å². The zero-order chi connectivity index (χ0) is 15.1. The van der Waals surface area contributed by atoms with Gasteiger partial charge in [-0.1, -0.05) is 25.4 Å². The molecule has 1 unspecified atom stereocenters. The van der Waals surface area contributed by atoms with Gasteiger partial charge in [-0.25, -0.2) is 4.39 Å². The van der Waals surface area contributed by atoms with Crippen molar-refractivity contribution in [3.8, 4) is 5.75 Å². The summed E-state index contributed by atoms with van der Waals surface area (Å²) in [6.07, 6.45) is 0.0404. The van der Waals surface area contributed by atoms with Crippen molar-refractivity contribution in [3.05, 3.63) is 29.0 Å². The lowest BCUT2D eigenvalue weighted by Crippen LogP contribution is -2.35. The Labute approximate surface area is 122 Å². The molecule has 0 radical (unpaired) electrons. The number of carbonyl (C=O) groups excluding carboxylic acids is 1. The molecule has 20 heavy (non-hydrogen) atoms. The van der Waals surface area contributed by atoms with Crippen LogP contribution in [0.3, 0.4) is 0 Å². The summed E-state index contributed by atoms with van der Waals surface area (Å²) in [6, 6.07) is 3.67. The van der Waals surface area contributed by atoms with Gasteiger partial charge in [-0.3, -0.25) is 4.79 Å². The zero-order valence-electron chi connectivity index (χ0n) is 11.5. The second-order valence-corrected chi connectivity index (χ2v) is 5.36. The van der Waals surface area contributed by atoms with Gasteiger partial charge < -0.3 is 15.2 Å². The molecular formula is C14H19ClFNO3. The predicted molar refractivity (Wildman–Crippen MR) is 75.4 cm³/mol. The van der Waals surface area contributed by atoms with Crippen molar-refractivity contribution in [2.75, 3.05) is 13.2 Å². The normalized spacial score (nSPS) is 12.3. The lowest BCUT2D eigenvalue weighted by Gasteiger charge is -2.14. The summed E-state index contributed by atoms with van der Waals surface area (Å²) in [5.74, 6) is -0.237. The predicted octanol–water partition coefficient (Wildman–Crippen LogP) is 2.38. The Morgan fingerprint density at radius 2 is 2.20 bits per heavy atom. The fourth-order valence-electron chi connectivity index (χ4n) is 1.65. The van der Waals surface area contributed by atoms with E-state index in [2.05, 4.69) is 5.32 Å². The molecule has 0 fully saturated rings. The number of benzene rings is 1. The maximum Gasteiger partial charge on any atom is 0.258 e. The number of ether oxygens (including phenoxy) is 1. The van der Waals surface area contributed by atoms with Gasteiger partial charge in [0.15, 0.2) is 6.61 Å². The van der Waals surface area contributed by atoms with Crippen LogP contribution in [0, 0.1) is 11.7 Å². The fourth-order valence-corrected chi connectivity index (χ4v) is 1.87. The van der Waals surface area contributed by atoms with Crippen molar-refractivity contribution < 1.29 is 19.0 Å². The van der Waals surface area contributed by atoms with Crippen LogP contribution in [0.2, 0.25) is 5.02 Å². The Morgan fingerprint density at radius 3 is 2.80 bits per heavy atom. The molecule has 112 valence electrons. The third-order valence-corrected chi connectivity index (χ3v) is 2.83. The second kappa shape index (κ2) is 8.07. The molecule has 0 aliphatic rings. The van der Waals surface area contributed by atoms with Crippen molar-refractivity contribution in [3.63, 3.8) is 0 Å². The topological polar surface area (TPSA) is 58.6 Å². The number of aliphatic hydroxyl groups excluding tert-OH is 1. The molecule has 0 aliphatic carbocycles. The quantitative estimate of drug-likeness (QED) is 0.813. The molecule has 1 aromatic rings. The van der Waals surface area contributed by atoms with E-state index in [0.29, 0.717) is 12.3 Å². The Bertz CT molecular complexity index is 454. The van der Waals surface area contributed by atoms with E-state index in [9.17, 15) is 14.3 Å². The molecule has 1 rings (SSSR count). The van der Waals surface area contributed by atoms with Crippen LogP contribution in [-0.2, 0) is 4.79 Å². The van der Waals surface area contributed by atoms with Crippen molar-refractivity contribution in [1.82, 2.24) is 5.32 Å². The summed E-state index contributed by atoms with van der Waals surface area (Å²) in [4.78, 5) is 11.5. The monoisotopic (exact) mass is 303 g/mol. The molecule has 2 N–H and O–H groups in total. The lowest BCUT2D eigenvalue weighted by molar-refractivity contribution is -0.123. The first-order valence-electron chi connectivity index (χ1n) is 6.41. The summed E-state index contributed by atoms with van der Waals surface area (Å²) >= 11 is 5.76. The Kier molecular flexibility index (Phi) is 6.75. The standard InChI is InChI=1S/C14H19ClFNO3/c1-9(2)5-11(18)7-17-14(19)8-20-13-4-3-10(16)6-12(13)15/h3-4,6,9,11,18H,5,7-8H2,1-2H3,(H,17,19). The van der Waals surface area contributed by atoms with Gasteiger partial charge >= 0.3 is 0 Å². The first kappa shape index (κ1) is 16.7. The molecule has 1 aromatic carbocycles. The number of halogens is 2. The van der Waals surface area contributed by atoms with E-state index in [0.717, 1.165) is 6.07 Å². The summed E-state index contributed by atoms with van der Waals surface area (Å²) in [7, 11) is 0. The van der Waals surface area contributed by atoms with E-state index in [-0.39, 0.29) is 29.8 Å². The first-order chi connectivity index (χ1) is 9.38. The van der Waals surface area contributed by atoms with Gasteiger partial charge in [-0.2, -0.15) is 0 Å². The van der Waals surface area contributed by atoms with Crippen molar-refractivity contribution >= 4 is 17.5 Å². The molecule has 0 saturated heterocycles. The SMILES string of the molecule is CC(C)CC(O)CNC(=O)COc1ccc(F)cc1Cl. The van der Waals surface area contributed by atoms with Gasteiger partial charge in [0.25, 0.3) is 5.91 Å². The number of hydrogen-bond acceptors (Lipinski definition) is 3. The lowest BCUT2D eigenvalue weighted by atomic mass is 10.1. The van der Waals surface area contributed by atoms with E-state index < -0.39 is 11.9 Å². The maximum absolute atomic E-state index is 12.8. The van der Waals surface area contributed by atoms with Crippen molar-refractivity contribution in [2.24, 2.45) is 5.92 Å². The van der Waals surface area contributed by atoms with Crippen molar-refractivity contribution in [2.45, 2.75) is 26.4 Å². The highest BCUT2D eigenvalue weighted by Gasteiger charge is 2.10. The van der Waals surface area contributed by atoms with Crippen LogP contribution >= 0.6 is 11.6 Å². The zero-order valence-corrected chi connectivity index (χ0v) is 12.3. The summed E-state index contributed by atoms with van der Waals surface area (Å²) in [5.41, 5.74) is 0. The average molecular weight is 304 g/mol. The average Bonchev–Trinajstić information content (AvgIpc) is 2.34. The Hall–Kier alpha value is -1.33. The summed E-state index contributed by atoms with van der Waals surface area (Å²) in [6.45, 7) is 3.92. The molecule has 6 heteroatoms. The van der Waals surface area contributed by atoms with Gasteiger partial charge in [0.05, 0.1) is 11.1 Å². The van der Waals surface area contributed by atoms with Gasteiger partial charge in [-0.05, 0) is 30.5 Å². The van der Waals surface area contributed by atoms with Crippen LogP contribution < -0.4 is 10.1 Å². The Morgan fingerprint density at radius 1 is 1.50 bits per heavy atom. The van der Waals surface area contributed by atoms with Crippen molar-refractivity contribution in [1.29, 1.82) is 0 Å². The number of aliphatic hydroxyl groups is 1. The van der Waals surface area contributed by atoms with E-state index in [1.54, 1.807) is 0 Å². The highest BCUT2D eigenvalue weighted by molar-refractivity contribution is 6.32. The Balaban J connectivity index is 2.33. The molecule has 0 aliphatic heterocycles. The fraction of sp³-hybridized carbons (Fsp3) is 0.500. The molecule has 0 spiro atoms. The number of hydrogen-bond donors (Lipinski definition) is 2. The number of amides is 1. The minimum Gasteiger partial charge on any atom is -0.482 e. The minimum absolute atomic E-state index is 0.109. The number of nitrogens with one attached hydrogen (secondary N) is 1. The smallest absolute Gasteiger partial charge is 0.258 e. The van der Waals surface area contributed by atoms with Crippen LogP contribution in [0.25, 0.3) is 0 Å². The molecule has 4 nitrogen and oxygen atoms in total. The second-order valence-electron chi connectivity index (χ2n) is 4.95. The molecule has 0 heterocycles. The molecule has 1 amide bonds. The van der Waals surface area contributed by atoms with Crippen LogP contribution in [0.5, 0.6) is 5.75 Å². The van der Waals surface area contributed by atoms with Gasteiger partial charge in [0.2, 0.25) is 0 Å². The van der Waals surface area contributed by atoms with Crippen LogP contribution in [-0.4, -0.2) is 30.3 Å². The third kappa shape index (κ3) is 6.21. The molecule has 0 saturated carbocycles. The first-order valence-corrected chi connectivity index (χ1v) is 6.79. The van der Waals surface area contributed by atoms with Gasteiger partial charge in [0.1, 0.15) is 11.6 Å². The molecular weight excluding hydrogens is 285 g/mol. The van der Waals surface area contributed by atoms with Crippen LogP contribution in [0.4, 0.5) is 4.39 Å². The summed E-state index contributed by atoms with van der Waals surface area (Å²) in [5, 5.41) is 12.3. The van der Waals surface area contributed by atoms with E-state index in [1.165, 1.54) is 12.1 Å². The molecule has 0 bridgehead atoms. The molecule has 0 aromatic heterocycles. The molecule has 1 atom stereocenters. The van der Waals surface area contributed by atoms with Crippen LogP contribution in [0.1, 0.15) is 20.3 Å². The van der Waals surface area contributed by atoms with E-state index in [1.807, 2.05) is 13.8 Å². The van der Waals surface area contributed by atoms with Crippen LogP contribution in [0.15, 0.2) is 18.2 Å². The highest BCUT2D eigenvalue weighted by atomic mass is 35.5. The number of rotatable bonds is 7. The maximum atomic E-state index is 12.8. The minimum atomic E-state index is -0.576. The largest absolute Gasteiger partial charge is 0.482 e. The highest BCUT2D eigenvalue weighted by Crippen LogP contribution is 2.24. The third-order valence-electron chi connectivity index (χ3n) is 2.53. The van der Waals surface area contributed by atoms with E-state index in [4.69, 9.17) is 16.3 Å². The van der Waals surface area contributed by atoms with Gasteiger partial charge in [-0.15, -0.1) is 0 Å². The summed E-state index contributed by atoms with van der Waals surface area (Å²) < 4.78 is 18.0. The van der Waals surface area contributed by atoms with Gasteiger partial charge in [0, 0.05) is 6.54 Å². The number of carbonyl (C=O) groups is 1.